The first-order valence-corrected chi connectivity index (χ1v) is 13.2. The third-order valence-corrected chi connectivity index (χ3v) is 7.88. The van der Waals surface area contributed by atoms with Crippen LogP contribution < -0.4 is 5.32 Å². The Bertz CT molecular complexity index is 1420. The van der Waals surface area contributed by atoms with Gasteiger partial charge in [0.2, 0.25) is 5.95 Å². The number of aromatic nitrogens is 4. The average molecular weight is 500 g/mol. The quantitative estimate of drug-likeness (QED) is 0.394. The molecular formula is C29H34FN7. The van der Waals surface area contributed by atoms with Gasteiger partial charge in [-0.25, -0.2) is 19.3 Å². The molecule has 0 unspecified atom stereocenters. The van der Waals surface area contributed by atoms with E-state index in [2.05, 4.69) is 79.7 Å². The number of rotatable bonds is 6. The number of fused-ring (bicyclic) bond motifs is 3. The summed E-state index contributed by atoms with van der Waals surface area (Å²) in [5.74, 6) is 0.524. The molecule has 8 heteroatoms. The molecule has 2 aliphatic rings. The van der Waals surface area contributed by atoms with Crippen molar-refractivity contribution < 1.29 is 4.39 Å². The van der Waals surface area contributed by atoms with E-state index in [4.69, 9.17) is 0 Å². The van der Waals surface area contributed by atoms with Crippen molar-refractivity contribution in [3.05, 3.63) is 65.9 Å². The summed E-state index contributed by atoms with van der Waals surface area (Å²) in [7, 11) is 0. The minimum atomic E-state index is -0.441. The molecule has 0 radical (unpaired) electrons. The zero-order valence-corrected chi connectivity index (χ0v) is 21.8. The van der Waals surface area contributed by atoms with E-state index in [-0.39, 0.29) is 11.2 Å². The van der Waals surface area contributed by atoms with Gasteiger partial charge in [-0.1, -0.05) is 25.1 Å². The van der Waals surface area contributed by atoms with Crippen LogP contribution in [0.15, 0.2) is 48.8 Å². The summed E-state index contributed by atoms with van der Waals surface area (Å²) < 4.78 is 17.3. The number of hydrogen-bond acceptors (Lipinski definition) is 6. The van der Waals surface area contributed by atoms with Gasteiger partial charge < -0.3 is 14.8 Å². The maximum absolute atomic E-state index is 14.9. The number of piperazine rings is 1. The molecule has 4 aromatic rings. The second-order valence-corrected chi connectivity index (χ2v) is 10.8. The smallest absolute Gasteiger partial charge is 0.229 e. The lowest BCUT2D eigenvalue weighted by molar-refractivity contribution is 0.132. The number of likely N-dealkylation sites (N-methyl/N-ethyl adjacent to an activating group) is 1. The first-order chi connectivity index (χ1) is 17.9. The highest BCUT2D eigenvalue weighted by atomic mass is 19.1. The monoisotopic (exact) mass is 499 g/mol. The van der Waals surface area contributed by atoms with E-state index < -0.39 is 5.82 Å². The van der Waals surface area contributed by atoms with Crippen molar-refractivity contribution in [3.63, 3.8) is 0 Å². The van der Waals surface area contributed by atoms with E-state index in [9.17, 15) is 4.39 Å². The number of nitrogens with zero attached hydrogens (tertiary/aromatic N) is 6. The van der Waals surface area contributed by atoms with E-state index in [1.54, 1.807) is 0 Å². The molecule has 1 fully saturated rings. The first-order valence-electron chi connectivity index (χ1n) is 13.2. The van der Waals surface area contributed by atoms with Gasteiger partial charge in [0.1, 0.15) is 11.5 Å². The Labute approximate surface area is 217 Å². The lowest BCUT2D eigenvalue weighted by Crippen LogP contribution is -2.45. The van der Waals surface area contributed by atoms with Gasteiger partial charge in [-0.2, -0.15) is 0 Å². The Morgan fingerprint density at radius 3 is 2.54 bits per heavy atom. The van der Waals surface area contributed by atoms with E-state index in [1.165, 1.54) is 22.8 Å². The third-order valence-electron chi connectivity index (χ3n) is 7.88. The summed E-state index contributed by atoms with van der Waals surface area (Å²) in [6, 6.07) is 12.3. The van der Waals surface area contributed by atoms with Gasteiger partial charge in [0.15, 0.2) is 5.82 Å². The fraction of sp³-hybridized carbons (Fsp3) is 0.414. The minimum absolute atomic E-state index is 0.0499. The fourth-order valence-electron chi connectivity index (χ4n) is 5.71. The Morgan fingerprint density at radius 1 is 0.973 bits per heavy atom. The SMILES string of the molecule is CCN1CCN(Cc2ccc(Nc3ncc(F)c(-c4ccc5cc6n(c5c4)C(C)(C)CC6)n3)nc2)CC1. The predicted octanol–water partition coefficient (Wildman–Crippen LogP) is 5.19. The van der Waals surface area contributed by atoms with Crippen LogP contribution in [-0.2, 0) is 18.5 Å². The molecule has 2 aliphatic heterocycles. The van der Waals surface area contributed by atoms with Crippen LogP contribution >= 0.6 is 0 Å². The summed E-state index contributed by atoms with van der Waals surface area (Å²) in [6.45, 7) is 13.1. The minimum Gasteiger partial charge on any atom is -0.339 e. The van der Waals surface area contributed by atoms with Gasteiger partial charge in [0.25, 0.3) is 0 Å². The zero-order valence-electron chi connectivity index (χ0n) is 21.8. The topological polar surface area (TPSA) is 62.1 Å². The second kappa shape index (κ2) is 9.50. The molecule has 1 saturated heterocycles. The molecule has 1 N–H and O–H groups in total. The van der Waals surface area contributed by atoms with Crippen LogP contribution in [0.1, 0.15) is 38.4 Å². The van der Waals surface area contributed by atoms with Crippen LogP contribution in [0.2, 0.25) is 0 Å². The standard InChI is InChI=1S/C29H34FN7/c1-4-35-11-13-36(14-12-35)19-20-5-8-26(31-17-20)33-28-32-18-24(30)27(34-28)22-7-6-21-15-23-9-10-29(2,3)37(23)25(21)16-22/h5-8,15-18H,4,9-14,19H2,1-3H3,(H,31,32,33,34). The number of halogens is 1. The fourth-order valence-corrected chi connectivity index (χ4v) is 5.71. The Kier molecular flexibility index (Phi) is 6.16. The van der Waals surface area contributed by atoms with E-state index >= 15 is 0 Å². The molecule has 6 rings (SSSR count). The lowest BCUT2D eigenvalue weighted by Gasteiger charge is -2.33. The molecule has 0 aliphatic carbocycles. The van der Waals surface area contributed by atoms with Gasteiger partial charge in [-0.05, 0) is 62.4 Å². The van der Waals surface area contributed by atoms with Crippen LogP contribution in [-0.4, -0.2) is 62.0 Å². The molecule has 7 nitrogen and oxygen atoms in total. The molecule has 1 aromatic carbocycles. The molecule has 192 valence electrons. The van der Waals surface area contributed by atoms with Crippen molar-refractivity contribution in [2.45, 2.75) is 45.7 Å². The number of pyridine rings is 1. The molecule has 0 atom stereocenters. The molecule has 0 bridgehead atoms. The zero-order chi connectivity index (χ0) is 25.6. The van der Waals surface area contributed by atoms with Crippen molar-refractivity contribution in [1.82, 2.24) is 29.3 Å². The summed E-state index contributed by atoms with van der Waals surface area (Å²) in [6.07, 6.45) is 5.29. The third kappa shape index (κ3) is 4.71. The average Bonchev–Trinajstić information content (AvgIpc) is 3.43. The van der Waals surface area contributed by atoms with Crippen molar-refractivity contribution in [2.24, 2.45) is 0 Å². The molecule has 0 spiro atoms. The summed E-state index contributed by atoms with van der Waals surface area (Å²) >= 11 is 0. The number of hydrogen-bond donors (Lipinski definition) is 1. The van der Waals surface area contributed by atoms with Gasteiger partial charge in [-0.15, -0.1) is 0 Å². The van der Waals surface area contributed by atoms with Crippen molar-refractivity contribution in [1.29, 1.82) is 0 Å². The van der Waals surface area contributed by atoms with Crippen LogP contribution in [0.5, 0.6) is 0 Å². The van der Waals surface area contributed by atoms with Crippen molar-refractivity contribution in [2.75, 3.05) is 38.0 Å². The molecule has 37 heavy (non-hydrogen) atoms. The highest BCUT2D eigenvalue weighted by molar-refractivity contribution is 5.86. The van der Waals surface area contributed by atoms with Crippen LogP contribution in [0, 0.1) is 5.82 Å². The van der Waals surface area contributed by atoms with E-state index in [0.717, 1.165) is 63.2 Å². The summed E-state index contributed by atoms with van der Waals surface area (Å²) in [4.78, 5) is 18.2. The molecule has 0 saturated carbocycles. The van der Waals surface area contributed by atoms with Crippen molar-refractivity contribution in [3.8, 4) is 11.3 Å². The van der Waals surface area contributed by atoms with Crippen LogP contribution in [0.3, 0.4) is 0 Å². The summed E-state index contributed by atoms with van der Waals surface area (Å²) in [5, 5.41) is 4.32. The Morgan fingerprint density at radius 2 is 1.78 bits per heavy atom. The number of benzene rings is 1. The van der Waals surface area contributed by atoms with E-state index in [0.29, 0.717) is 11.8 Å². The number of anilines is 2. The Hall–Kier alpha value is -3.36. The maximum Gasteiger partial charge on any atom is 0.229 e. The Balaban J connectivity index is 1.20. The number of nitrogens with one attached hydrogen (secondary N) is 1. The molecule has 3 aromatic heterocycles. The highest BCUT2D eigenvalue weighted by Crippen LogP contribution is 2.38. The lowest BCUT2D eigenvalue weighted by atomic mass is 10.0. The summed E-state index contributed by atoms with van der Waals surface area (Å²) in [5.41, 5.74) is 4.71. The van der Waals surface area contributed by atoms with Crippen molar-refractivity contribution >= 4 is 22.7 Å². The largest absolute Gasteiger partial charge is 0.339 e. The van der Waals surface area contributed by atoms with Crippen LogP contribution in [0.4, 0.5) is 16.2 Å². The van der Waals surface area contributed by atoms with E-state index in [1.807, 2.05) is 18.3 Å². The molecular weight excluding hydrogens is 465 g/mol. The highest BCUT2D eigenvalue weighted by Gasteiger charge is 2.31. The van der Waals surface area contributed by atoms with Gasteiger partial charge >= 0.3 is 0 Å². The first kappa shape index (κ1) is 24.0. The maximum atomic E-state index is 14.9. The predicted molar refractivity (Wildman–Crippen MR) is 145 cm³/mol. The molecule has 5 heterocycles. The normalized spacial score (nSPS) is 17.8. The number of aryl methyl sites for hydroxylation is 1. The van der Waals surface area contributed by atoms with Gasteiger partial charge in [-0.3, -0.25) is 4.90 Å². The van der Waals surface area contributed by atoms with Gasteiger partial charge in [0, 0.05) is 61.2 Å². The van der Waals surface area contributed by atoms with Crippen LogP contribution in [0.25, 0.3) is 22.2 Å². The van der Waals surface area contributed by atoms with Gasteiger partial charge in [0.05, 0.1) is 6.20 Å². The second-order valence-electron chi connectivity index (χ2n) is 10.8. The molecule has 0 amide bonds.